The largest absolute Gasteiger partial charge is 0.359 e. The topological polar surface area (TPSA) is 33.6 Å². The maximum Gasteiger partial charge on any atom is 0.0659 e. The van der Waals surface area contributed by atoms with E-state index in [1.807, 2.05) is 39.4 Å². The monoisotopic (exact) mass is 355 g/mol. The molecule has 0 spiro atoms. The summed E-state index contributed by atoms with van der Waals surface area (Å²) in [5.41, 5.74) is 7.99. The Hall–Kier alpha value is -2.03. The lowest BCUT2D eigenvalue weighted by Gasteiger charge is -2.08. The third kappa shape index (κ3) is 5.48. The van der Waals surface area contributed by atoms with Gasteiger partial charge in [-0.15, -0.1) is 0 Å². The molecule has 0 saturated carbocycles. The van der Waals surface area contributed by atoms with E-state index in [2.05, 4.69) is 55.1 Å². The van der Waals surface area contributed by atoms with Crippen molar-refractivity contribution in [3.05, 3.63) is 52.5 Å². The number of benzene rings is 1. The Morgan fingerprint density at radius 2 is 1.58 bits per heavy atom. The van der Waals surface area contributed by atoms with E-state index in [1.54, 1.807) is 0 Å². The Labute approximate surface area is 159 Å². The van der Waals surface area contributed by atoms with Crippen LogP contribution in [0.4, 0.5) is 0 Å². The number of rotatable bonds is 0. The standard InChI is InChI=1S/C10H11N.C9H14N2.2C2H6/c1-7-3-4-10-9(5-7)6-8(2)11-10;1-7-8-5-3-4-6-9(8)10-11(7)2;2*1-2/h3-6,11H,1-2H3;3-6H2,1-2H3;2*1-2H3. The van der Waals surface area contributed by atoms with Crippen molar-refractivity contribution in [3.63, 3.8) is 0 Å². The number of H-pyrrole nitrogens is 1. The first-order valence-electron chi connectivity index (χ1n) is 10.1. The number of hydrogen-bond acceptors (Lipinski definition) is 1. The highest BCUT2D eigenvalue weighted by Gasteiger charge is 2.15. The van der Waals surface area contributed by atoms with E-state index >= 15 is 0 Å². The zero-order valence-corrected chi connectivity index (χ0v) is 18.0. The van der Waals surface area contributed by atoms with E-state index in [0.29, 0.717) is 0 Å². The third-order valence-corrected chi connectivity index (χ3v) is 4.54. The van der Waals surface area contributed by atoms with Crippen LogP contribution in [0.2, 0.25) is 0 Å². The van der Waals surface area contributed by atoms with Crippen LogP contribution in [0.1, 0.15) is 68.7 Å². The smallest absolute Gasteiger partial charge is 0.0659 e. The highest BCUT2D eigenvalue weighted by atomic mass is 15.3. The van der Waals surface area contributed by atoms with Gasteiger partial charge in [0.05, 0.1) is 5.69 Å². The Bertz CT molecular complexity index is 793. The van der Waals surface area contributed by atoms with Gasteiger partial charge in [-0.3, -0.25) is 4.68 Å². The van der Waals surface area contributed by atoms with Gasteiger partial charge in [0.1, 0.15) is 0 Å². The van der Waals surface area contributed by atoms with Crippen LogP contribution in [-0.4, -0.2) is 14.8 Å². The van der Waals surface area contributed by atoms with Gasteiger partial charge in [-0.05, 0) is 75.6 Å². The predicted octanol–water partition coefficient (Wildman–Crippen LogP) is 6.44. The Kier molecular flexibility index (Phi) is 9.18. The molecule has 0 aliphatic heterocycles. The quantitative estimate of drug-likeness (QED) is 0.494. The first-order chi connectivity index (χ1) is 12.5. The van der Waals surface area contributed by atoms with Gasteiger partial charge < -0.3 is 4.98 Å². The summed E-state index contributed by atoms with van der Waals surface area (Å²) in [6, 6.07) is 8.61. The minimum absolute atomic E-state index is 1.19. The van der Waals surface area contributed by atoms with E-state index in [9.17, 15) is 0 Å². The van der Waals surface area contributed by atoms with E-state index in [4.69, 9.17) is 0 Å². The lowest BCUT2D eigenvalue weighted by molar-refractivity contribution is 0.664. The summed E-state index contributed by atoms with van der Waals surface area (Å²) in [6.07, 6.45) is 5.11. The lowest BCUT2D eigenvalue weighted by atomic mass is 9.96. The molecule has 4 rings (SSSR count). The van der Waals surface area contributed by atoms with E-state index < -0.39 is 0 Å². The summed E-state index contributed by atoms with van der Waals surface area (Å²) in [5.74, 6) is 0. The van der Waals surface area contributed by atoms with Gasteiger partial charge in [0.15, 0.2) is 0 Å². The van der Waals surface area contributed by atoms with Crippen molar-refractivity contribution in [2.45, 2.75) is 74.1 Å². The second-order valence-corrected chi connectivity index (χ2v) is 6.38. The maximum absolute atomic E-state index is 4.47. The average Bonchev–Trinajstić information content (AvgIpc) is 3.17. The van der Waals surface area contributed by atoms with Crippen molar-refractivity contribution >= 4 is 10.9 Å². The molecule has 2 aromatic heterocycles. The number of aryl methyl sites for hydroxylation is 4. The van der Waals surface area contributed by atoms with Gasteiger partial charge in [0.25, 0.3) is 0 Å². The number of fused-ring (bicyclic) bond motifs is 2. The fourth-order valence-corrected chi connectivity index (χ4v) is 3.24. The van der Waals surface area contributed by atoms with Crippen LogP contribution in [0.15, 0.2) is 24.3 Å². The minimum Gasteiger partial charge on any atom is -0.359 e. The molecule has 0 atom stereocenters. The molecule has 1 aliphatic carbocycles. The van der Waals surface area contributed by atoms with E-state index in [0.717, 1.165) is 0 Å². The van der Waals surface area contributed by atoms with Crippen LogP contribution in [0.5, 0.6) is 0 Å². The normalized spacial score (nSPS) is 12.0. The molecule has 0 radical (unpaired) electrons. The van der Waals surface area contributed by atoms with E-state index in [1.165, 1.54) is 64.8 Å². The van der Waals surface area contributed by atoms with Crippen molar-refractivity contribution in [1.82, 2.24) is 14.8 Å². The van der Waals surface area contributed by atoms with Crippen LogP contribution in [0, 0.1) is 20.8 Å². The first-order valence-corrected chi connectivity index (χ1v) is 10.1. The zero-order valence-electron chi connectivity index (χ0n) is 18.0. The fraction of sp³-hybridized carbons (Fsp3) is 0.522. The highest BCUT2D eigenvalue weighted by Crippen LogP contribution is 2.22. The molecule has 3 heteroatoms. The minimum atomic E-state index is 1.19. The van der Waals surface area contributed by atoms with Crippen LogP contribution in [0.25, 0.3) is 10.9 Å². The number of nitrogens with zero attached hydrogens (tertiary/aromatic N) is 2. The van der Waals surface area contributed by atoms with Gasteiger partial charge >= 0.3 is 0 Å². The molecule has 144 valence electrons. The molecule has 1 N–H and O–H groups in total. The number of aromatic nitrogens is 3. The zero-order chi connectivity index (χ0) is 19.7. The van der Waals surface area contributed by atoms with Gasteiger partial charge in [-0.25, -0.2) is 0 Å². The van der Waals surface area contributed by atoms with Gasteiger partial charge in [0.2, 0.25) is 0 Å². The molecular formula is C23H37N3. The molecule has 0 saturated heterocycles. The summed E-state index contributed by atoms with van der Waals surface area (Å²) >= 11 is 0. The van der Waals surface area contributed by atoms with Gasteiger partial charge in [-0.1, -0.05) is 39.3 Å². The van der Waals surface area contributed by atoms with Crippen molar-refractivity contribution < 1.29 is 0 Å². The first kappa shape index (κ1) is 22.0. The van der Waals surface area contributed by atoms with Gasteiger partial charge in [0, 0.05) is 24.0 Å². The maximum atomic E-state index is 4.47. The second-order valence-electron chi connectivity index (χ2n) is 6.38. The van der Waals surface area contributed by atoms with Crippen molar-refractivity contribution in [1.29, 1.82) is 0 Å². The van der Waals surface area contributed by atoms with Gasteiger partial charge in [-0.2, -0.15) is 5.10 Å². The molecule has 0 fully saturated rings. The molecule has 3 nitrogen and oxygen atoms in total. The summed E-state index contributed by atoms with van der Waals surface area (Å²) in [4.78, 5) is 3.29. The highest BCUT2D eigenvalue weighted by molar-refractivity contribution is 5.80. The molecular weight excluding hydrogens is 318 g/mol. The molecule has 1 aromatic carbocycles. The molecule has 0 amide bonds. The predicted molar refractivity (Wildman–Crippen MR) is 115 cm³/mol. The summed E-state index contributed by atoms with van der Waals surface area (Å²) in [7, 11) is 2.04. The van der Waals surface area contributed by atoms with Crippen molar-refractivity contribution in [2.75, 3.05) is 0 Å². The van der Waals surface area contributed by atoms with Crippen molar-refractivity contribution in [3.8, 4) is 0 Å². The summed E-state index contributed by atoms with van der Waals surface area (Å²) < 4.78 is 2.01. The number of aromatic amines is 1. The van der Waals surface area contributed by atoms with Crippen LogP contribution >= 0.6 is 0 Å². The summed E-state index contributed by atoms with van der Waals surface area (Å²) in [6.45, 7) is 14.4. The molecule has 1 aliphatic rings. The Morgan fingerprint density at radius 1 is 0.923 bits per heavy atom. The Balaban J connectivity index is 0.000000219. The number of nitrogens with one attached hydrogen (secondary N) is 1. The second kappa shape index (κ2) is 10.8. The SMILES string of the molecule is CC.CC.Cc1c2c(nn1C)CCCC2.Cc1ccc2[nH]c(C)cc2c1. The van der Waals surface area contributed by atoms with Crippen LogP contribution in [-0.2, 0) is 19.9 Å². The number of hydrogen-bond donors (Lipinski definition) is 1. The molecule has 26 heavy (non-hydrogen) atoms. The molecule has 2 heterocycles. The van der Waals surface area contributed by atoms with E-state index in [-0.39, 0.29) is 0 Å². The van der Waals surface area contributed by atoms with Crippen molar-refractivity contribution in [2.24, 2.45) is 7.05 Å². The van der Waals surface area contributed by atoms with Crippen LogP contribution < -0.4 is 0 Å². The third-order valence-electron chi connectivity index (χ3n) is 4.54. The average molecular weight is 356 g/mol. The molecule has 0 bridgehead atoms. The molecule has 3 aromatic rings. The summed E-state index contributed by atoms with van der Waals surface area (Å²) in [5, 5.41) is 5.78. The molecule has 0 unspecified atom stereocenters. The Morgan fingerprint density at radius 3 is 2.23 bits per heavy atom. The lowest BCUT2D eigenvalue weighted by Crippen LogP contribution is -2.00. The van der Waals surface area contributed by atoms with Crippen LogP contribution in [0.3, 0.4) is 0 Å². The fourth-order valence-electron chi connectivity index (χ4n) is 3.24.